The minimum atomic E-state index is 0.990. The lowest BCUT2D eigenvalue weighted by molar-refractivity contribution is 1.10. The van der Waals surface area contributed by atoms with Gasteiger partial charge in [0.05, 0.1) is 5.69 Å². The molecule has 1 aromatic heterocycles. The molecule has 0 saturated heterocycles. The molecule has 0 amide bonds. The lowest BCUT2D eigenvalue weighted by Gasteiger charge is -2.29. The van der Waals surface area contributed by atoms with Crippen LogP contribution in [0.15, 0.2) is 115 Å². The summed E-state index contributed by atoms with van der Waals surface area (Å²) in [6.07, 6.45) is 9.67. The van der Waals surface area contributed by atoms with Crippen molar-refractivity contribution in [2.24, 2.45) is 0 Å². The predicted octanol–water partition coefficient (Wildman–Crippen LogP) is 10.4. The molecule has 0 bridgehead atoms. The number of para-hydroxylation sites is 2. The van der Waals surface area contributed by atoms with Gasteiger partial charge in [0, 0.05) is 16.3 Å². The highest BCUT2D eigenvalue weighted by Crippen LogP contribution is 2.39. The molecule has 0 aliphatic rings. The molecule has 0 saturated carbocycles. The Balaban J connectivity index is 1.37. The van der Waals surface area contributed by atoms with Crippen molar-refractivity contribution in [3.8, 4) is 0 Å². The molecule has 1 heterocycles. The Morgan fingerprint density at radius 2 is 1.19 bits per heavy atom. The van der Waals surface area contributed by atoms with Crippen molar-refractivity contribution in [3.05, 3.63) is 147 Å². The molecule has 4 aromatic carbocycles. The largest absolute Gasteiger partial charge is 0.310 e. The average molecular weight is 498 g/mol. The summed E-state index contributed by atoms with van der Waals surface area (Å²) in [5, 5.41) is 2.10. The molecule has 0 fully saturated rings. The minimum absolute atomic E-state index is 0.990. The number of nitrogens with zero attached hydrogens (tertiary/aromatic N) is 1. The van der Waals surface area contributed by atoms with Crippen LogP contribution in [0.3, 0.4) is 0 Å². The monoisotopic (exact) mass is 497 g/mol. The van der Waals surface area contributed by atoms with E-state index in [0.29, 0.717) is 0 Å². The Kier molecular flexibility index (Phi) is 7.78. The minimum Gasteiger partial charge on any atom is -0.310 e. The summed E-state index contributed by atoms with van der Waals surface area (Å²) < 4.78 is 0. The summed E-state index contributed by atoms with van der Waals surface area (Å²) >= 11 is 1.75. The van der Waals surface area contributed by atoms with E-state index in [-0.39, 0.29) is 0 Å². The van der Waals surface area contributed by atoms with Crippen LogP contribution in [0.1, 0.15) is 39.6 Å². The first-order valence-electron chi connectivity index (χ1n) is 12.7. The van der Waals surface area contributed by atoms with Crippen LogP contribution < -0.4 is 4.90 Å². The molecular formula is C35H31NS. The predicted molar refractivity (Wildman–Crippen MR) is 164 cm³/mol. The Hall–Kier alpha value is -4.14. The molecule has 37 heavy (non-hydrogen) atoms. The molecule has 5 aromatic rings. The van der Waals surface area contributed by atoms with Gasteiger partial charge in [-0.05, 0) is 82.9 Å². The number of benzene rings is 4. The second-order valence-electron chi connectivity index (χ2n) is 9.05. The van der Waals surface area contributed by atoms with Crippen LogP contribution in [0.5, 0.6) is 0 Å². The smallest absolute Gasteiger partial charge is 0.0522 e. The zero-order chi connectivity index (χ0) is 25.5. The second kappa shape index (κ2) is 11.7. The third-order valence-electron chi connectivity index (χ3n) is 6.48. The van der Waals surface area contributed by atoms with Gasteiger partial charge < -0.3 is 4.90 Å². The topological polar surface area (TPSA) is 3.24 Å². The summed E-state index contributed by atoms with van der Waals surface area (Å²) in [6, 6.07) is 38.9. The maximum Gasteiger partial charge on any atom is 0.0522 e. The van der Waals surface area contributed by atoms with E-state index in [9.17, 15) is 0 Å². The Morgan fingerprint density at radius 1 is 0.595 bits per heavy atom. The van der Waals surface area contributed by atoms with Gasteiger partial charge in [0.15, 0.2) is 0 Å². The number of thiophene rings is 1. The summed E-state index contributed by atoms with van der Waals surface area (Å²) in [5.74, 6) is 0. The fourth-order valence-corrected chi connectivity index (χ4v) is 5.14. The van der Waals surface area contributed by atoms with Crippen LogP contribution in [0.25, 0.3) is 24.3 Å². The maximum atomic E-state index is 2.38. The van der Waals surface area contributed by atoms with Crippen molar-refractivity contribution in [1.29, 1.82) is 0 Å². The maximum absolute atomic E-state index is 2.38. The van der Waals surface area contributed by atoms with Crippen molar-refractivity contribution in [2.75, 3.05) is 4.90 Å². The number of hydrogen-bond donors (Lipinski definition) is 0. The molecular weight excluding hydrogens is 466 g/mol. The van der Waals surface area contributed by atoms with Gasteiger partial charge in [0.25, 0.3) is 0 Å². The van der Waals surface area contributed by atoms with Crippen molar-refractivity contribution >= 4 is 52.7 Å². The zero-order valence-corrected chi connectivity index (χ0v) is 22.2. The highest BCUT2D eigenvalue weighted by atomic mass is 32.1. The van der Waals surface area contributed by atoms with Gasteiger partial charge in [-0.25, -0.2) is 0 Å². The quantitative estimate of drug-likeness (QED) is 0.193. The molecule has 1 nitrogen and oxygen atoms in total. The first-order chi connectivity index (χ1) is 18.2. The van der Waals surface area contributed by atoms with Crippen molar-refractivity contribution < 1.29 is 0 Å². The third kappa shape index (κ3) is 5.99. The molecule has 0 aliphatic heterocycles. The van der Waals surface area contributed by atoms with Gasteiger partial charge in [0.1, 0.15) is 0 Å². The number of aryl methyl sites for hydroxylation is 2. The molecule has 0 unspecified atom stereocenters. The summed E-state index contributed by atoms with van der Waals surface area (Å²) in [7, 11) is 0. The second-order valence-corrected chi connectivity index (χ2v) is 10.0. The number of anilines is 3. The van der Waals surface area contributed by atoms with Gasteiger partial charge in [-0.3, -0.25) is 0 Å². The molecule has 0 atom stereocenters. The average Bonchev–Trinajstić information content (AvgIpc) is 3.47. The van der Waals surface area contributed by atoms with Crippen LogP contribution in [0.2, 0.25) is 0 Å². The highest BCUT2D eigenvalue weighted by molar-refractivity contribution is 7.10. The highest BCUT2D eigenvalue weighted by Gasteiger charge is 2.17. The lowest BCUT2D eigenvalue weighted by Crippen LogP contribution is -2.13. The van der Waals surface area contributed by atoms with Crippen molar-refractivity contribution in [3.63, 3.8) is 0 Å². The molecule has 0 aliphatic carbocycles. The van der Waals surface area contributed by atoms with Crippen molar-refractivity contribution in [2.45, 2.75) is 20.3 Å². The van der Waals surface area contributed by atoms with E-state index < -0.39 is 0 Å². The third-order valence-corrected chi connectivity index (χ3v) is 7.32. The van der Waals surface area contributed by atoms with Crippen LogP contribution in [-0.4, -0.2) is 0 Å². The van der Waals surface area contributed by atoms with E-state index in [1.807, 2.05) is 0 Å². The summed E-state index contributed by atoms with van der Waals surface area (Å²) in [6.45, 7) is 4.42. The number of rotatable bonds is 8. The fourth-order valence-electron chi connectivity index (χ4n) is 4.52. The molecule has 0 radical (unpaired) electrons. The normalized spacial score (nSPS) is 11.4. The molecule has 0 N–H and O–H groups in total. The molecule has 5 rings (SSSR count). The van der Waals surface area contributed by atoms with Gasteiger partial charge in [0.2, 0.25) is 0 Å². The van der Waals surface area contributed by atoms with Crippen LogP contribution >= 0.6 is 11.3 Å². The fraction of sp³-hybridized carbons (Fsp3) is 0.0857. The lowest BCUT2D eigenvalue weighted by atomic mass is 10.0. The summed E-state index contributed by atoms with van der Waals surface area (Å²) in [4.78, 5) is 3.65. The Bertz CT molecular complexity index is 1480. The first-order valence-corrected chi connectivity index (χ1v) is 13.6. The van der Waals surface area contributed by atoms with Gasteiger partial charge in [-0.2, -0.15) is 0 Å². The Labute approximate surface area is 224 Å². The number of hydrogen-bond acceptors (Lipinski definition) is 2. The van der Waals surface area contributed by atoms with Gasteiger partial charge in [-0.15, -0.1) is 11.3 Å². The zero-order valence-electron chi connectivity index (χ0n) is 21.3. The van der Waals surface area contributed by atoms with Crippen LogP contribution in [-0.2, 0) is 6.42 Å². The van der Waals surface area contributed by atoms with E-state index in [2.05, 4.69) is 158 Å². The van der Waals surface area contributed by atoms with E-state index in [1.54, 1.807) is 11.3 Å². The molecule has 0 spiro atoms. The van der Waals surface area contributed by atoms with E-state index >= 15 is 0 Å². The van der Waals surface area contributed by atoms with Crippen LogP contribution in [0, 0.1) is 6.92 Å². The summed E-state index contributed by atoms with van der Waals surface area (Å²) in [5.41, 5.74) is 9.81. The van der Waals surface area contributed by atoms with E-state index in [4.69, 9.17) is 0 Å². The van der Waals surface area contributed by atoms with Crippen LogP contribution in [0.4, 0.5) is 17.1 Å². The SMILES string of the molecule is CCc1cccc(C)c1N(c1ccccc1)c1ccc(/C=C/c2ccc(/C=C/c3cccs3)cc2)cc1. The van der Waals surface area contributed by atoms with E-state index in [1.165, 1.54) is 44.1 Å². The first kappa shape index (κ1) is 24.5. The standard InChI is InChI=1S/C35H31NS/c1-3-31-10-7-9-27(2)35(31)36(32-11-5-4-6-12-32)33-23-20-30(21-24-33)19-16-28-14-17-29(18-15-28)22-25-34-13-8-26-37-34/h4-26H,3H2,1-2H3/b19-16+,25-22+. The Morgan fingerprint density at radius 3 is 1.78 bits per heavy atom. The van der Waals surface area contributed by atoms with Gasteiger partial charge >= 0.3 is 0 Å². The van der Waals surface area contributed by atoms with Crippen molar-refractivity contribution in [1.82, 2.24) is 0 Å². The molecule has 2 heteroatoms. The molecule has 182 valence electrons. The van der Waals surface area contributed by atoms with E-state index in [0.717, 1.165) is 12.1 Å². The van der Waals surface area contributed by atoms with Gasteiger partial charge in [-0.1, -0.05) is 104 Å².